The summed E-state index contributed by atoms with van der Waals surface area (Å²) >= 11 is 0. The fourth-order valence-electron chi connectivity index (χ4n) is 2.67. The van der Waals surface area contributed by atoms with E-state index in [1.165, 1.54) is 6.42 Å². The molecule has 0 atom stereocenters. The van der Waals surface area contributed by atoms with Gasteiger partial charge in [-0.25, -0.2) is 0 Å². The molecule has 20 heavy (non-hydrogen) atoms. The van der Waals surface area contributed by atoms with Crippen LogP contribution < -0.4 is 10.6 Å². The van der Waals surface area contributed by atoms with Crippen molar-refractivity contribution in [3.63, 3.8) is 0 Å². The first kappa shape index (κ1) is 16.7. The van der Waals surface area contributed by atoms with Crippen molar-refractivity contribution in [3.05, 3.63) is 12.7 Å². The van der Waals surface area contributed by atoms with Crippen molar-refractivity contribution in [2.75, 3.05) is 13.1 Å². The number of amides is 2. The van der Waals surface area contributed by atoms with Gasteiger partial charge in [0.1, 0.15) is 0 Å². The third-order valence-corrected chi connectivity index (χ3v) is 3.97. The van der Waals surface area contributed by atoms with E-state index < -0.39 is 0 Å². The zero-order chi connectivity index (χ0) is 14.8. The molecule has 0 spiro atoms. The van der Waals surface area contributed by atoms with Crippen LogP contribution >= 0.6 is 0 Å². The molecule has 4 heteroatoms. The van der Waals surface area contributed by atoms with Gasteiger partial charge < -0.3 is 10.6 Å². The van der Waals surface area contributed by atoms with Gasteiger partial charge in [-0.3, -0.25) is 9.59 Å². The van der Waals surface area contributed by atoms with Gasteiger partial charge in [-0.15, -0.1) is 6.58 Å². The van der Waals surface area contributed by atoms with E-state index in [1.807, 2.05) is 0 Å². The topological polar surface area (TPSA) is 58.2 Å². The van der Waals surface area contributed by atoms with Gasteiger partial charge in [0.15, 0.2) is 0 Å². The Labute approximate surface area is 122 Å². The number of nitrogens with one attached hydrogen (secondary N) is 2. The molecule has 114 valence electrons. The van der Waals surface area contributed by atoms with Crippen molar-refractivity contribution in [1.29, 1.82) is 0 Å². The number of rotatable bonds is 8. The highest BCUT2D eigenvalue weighted by atomic mass is 16.2. The van der Waals surface area contributed by atoms with Crippen molar-refractivity contribution in [2.45, 2.75) is 51.9 Å². The molecular formula is C16H28N2O2. The molecule has 0 bridgehead atoms. The smallest absolute Gasteiger partial charge is 0.223 e. The summed E-state index contributed by atoms with van der Waals surface area (Å²) in [5, 5.41) is 5.85. The lowest BCUT2D eigenvalue weighted by atomic mass is 9.81. The first-order valence-corrected chi connectivity index (χ1v) is 7.85. The number of hydrogen-bond donors (Lipinski definition) is 2. The van der Waals surface area contributed by atoms with Crippen LogP contribution in [0.5, 0.6) is 0 Å². The highest BCUT2D eigenvalue weighted by molar-refractivity contribution is 5.81. The van der Waals surface area contributed by atoms with Gasteiger partial charge in [0, 0.05) is 24.9 Å². The van der Waals surface area contributed by atoms with Crippen LogP contribution in [0.4, 0.5) is 0 Å². The van der Waals surface area contributed by atoms with E-state index in [4.69, 9.17) is 0 Å². The molecule has 0 heterocycles. The molecule has 1 fully saturated rings. The van der Waals surface area contributed by atoms with Gasteiger partial charge in [0.25, 0.3) is 0 Å². The third-order valence-electron chi connectivity index (χ3n) is 3.97. The van der Waals surface area contributed by atoms with Crippen molar-refractivity contribution in [2.24, 2.45) is 11.8 Å². The summed E-state index contributed by atoms with van der Waals surface area (Å²) in [6.07, 6.45) is 8.36. The lowest BCUT2D eigenvalue weighted by Gasteiger charge is -2.27. The van der Waals surface area contributed by atoms with E-state index in [9.17, 15) is 9.59 Å². The molecule has 0 saturated heterocycles. The summed E-state index contributed by atoms with van der Waals surface area (Å²) in [6, 6.07) is 0. The molecule has 2 amide bonds. The van der Waals surface area contributed by atoms with Crippen molar-refractivity contribution < 1.29 is 9.59 Å². The average molecular weight is 280 g/mol. The SMILES string of the molecule is C=CCNC(=O)C1CCC(C(=O)NCCCCC)CC1. The summed E-state index contributed by atoms with van der Waals surface area (Å²) in [5.74, 6) is 0.442. The maximum absolute atomic E-state index is 12.0. The van der Waals surface area contributed by atoms with Crippen LogP contribution in [0.1, 0.15) is 51.9 Å². The number of hydrogen-bond acceptors (Lipinski definition) is 2. The van der Waals surface area contributed by atoms with E-state index >= 15 is 0 Å². The van der Waals surface area contributed by atoms with Crippen molar-refractivity contribution in [1.82, 2.24) is 10.6 Å². The quantitative estimate of drug-likeness (QED) is 0.530. The zero-order valence-electron chi connectivity index (χ0n) is 12.6. The Morgan fingerprint density at radius 3 is 2.10 bits per heavy atom. The second-order valence-corrected chi connectivity index (χ2v) is 5.58. The van der Waals surface area contributed by atoms with E-state index in [0.29, 0.717) is 6.54 Å². The summed E-state index contributed by atoms with van der Waals surface area (Å²) < 4.78 is 0. The first-order valence-electron chi connectivity index (χ1n) is 7.85. The molecule has 0 unspecified atom stereocenters. The normalized spacial score (nSPS) is 22.1. The van der Waals surface area contributed by atoms with Crippen LogP contribution in [0, 0.1) is 11.8 Å². The van der Waals surface area contributed by atoms with E-state index in [2.05, 4.69) is 24.1 Å². The Bertz CT molecular complexity index is 320. The van der Waals surface area contributed by atoms with E-state index in [-0.39, 0.29) is 23.7 Å². The molecule has 0 aliphatic heterocycles. The summed E-state index contributed by atoms with van der Waals surface area (Å²) in [7, 11) is 0. The minimum atomic E-state index is 0.0686. The molecular weight excluding hydrogens is 252 g/mol. The first-order chi connectivity index (χ1) is 9.69. The minimum absolute atomic E-state index is 0.0686. The molecule has 1 aliphatic rings. The van der Waals surface area contributed by atoms with Gasteiger partial charge in [0.05, 0.1) is 0 Å². The second kappa shape index (κ2) is 9.56. The molecule has 1 rings (SSSR count). The Balaban J connectivity index is 2.22. The largest absolute Gasteiger partial charge is 0.356 e. The fraction of sp³-hybridized carbons (Fsp3) is 0.750. The van der Waals surface area contributed by atoms with Gasteiger partial charge in [-0.1, -0.05) is 25.8 Å². The summed E-state index contributed by atoms with van der Waals surface area (Å²) in [6.45, 7) is 7.05. The third kappa shape index (κ3) is 5.76. The Morgan fingerprint density at radius 1 is 1.05 bits per heavy atom. The molecule has 1 aliphatic carbocycles. The van der Waals surface area contributed by atoms with Crippen molar-refractivity contribution >= 4 is 11.8 Å². The molecule has 0 aromatic heterocycles. The predicted octanol–water partition coefficient (Wildman–Crippen LogP) is 2.40. The number of unbranched alkanes of at least 4 members (excludes halogenated alkanes) is 2. The van der Waals surface area contributed by atoms with Crippen molar-refractivity contribution in [3.8, 4) is 0 Å². The van der Waals surface area contributed by atoms with E-state index in [1.54, 1.807) is 6.08 Å². The Hall–Kier alpha value is -1.32. The lowest BCUT2D eigenvalue weighted by Crippen LogP contribution is -2.37. The molecule has 1 saturated carbocycles. The molecule has 4 nitrogen and oxygen atoms in total. The van der Waals surface area contributed by atoms with Crippen LogP contribution in [-0.4, -0.2) is 24.9 Å². The van der Waals surface area contributed by atoms with Gasteiger partial charge in [-0.2, -0.15) is 0 Å². The van der Waals surface area contributed by atoms with E-state index in [0.717, 1.165) is 45.1 Å². The molecule has 0 radical (unpaired) electrons. The summed E-state index contributed by atoms with van der Waals surface area (Å²) in [5.41, 5.74) is 0. The highest BCUT2D eigenvalue weighted by Crippen LogP contribution is 2.29. The van der Waals surface area contributed by atoms with Crippen LogP contribution in [0.3, 0.4) is 0 Å². The monoisotopic (exact) mass is 280 g/mol. The standard InChI is InChI=1S/C16H28N2O2/c1-3-5-6-12-18-16(20)14-9-7-13(8-10-14)15(19)17-11-4-2/h4,13-14H,2-3,5-12H2,1H3,(H,17,19)(H,18,20). The van der Waals surface area contributed by atoms with Crippen LogP contribution in [0.25, 0.3) is 0 Å². The molecule has 0 aromatic rings. The zero-order valence-corrected chi connectivity index (χ0v) is 12.6. The molecule has 0 aromatic carbocycles. The molecule has 2 N–H and O–H groups in total. The number of carbonyl (C=O) groups excluding carboxylic acids is 2. The van der Waals surface area contributed by atoms with Gasteiger partial charge in [-0.05, 0) is 32.1 Å². The van der Waals surface area contributed by atoms with Crippen LogP contribution in [0.15, 0.2) is 12.7 Å². The van der Waals surface area contributed by atoms with Crippen LogP contribution in [-0.2, 0) is 9.59 Å². The van der Waals surface area contributed by atoms with Gasteiger partial charge >= 0.3 is 0 Å². The Kier molecular flexibility index (Phi) is 8.00. The van der Waals surface area contributed by atoms with Crippen LogP contribution in [0.2, 0.25) is 0 Å². The minimum Gasteiger partial charge on any atom is -0.356 e. The maximum Gasteiger partial charge on any atom is 0.223 e. The Morgan fingerprint density at radius 2 is 1.60 bits per heavy atom. The fourth-order valence-corrected chi connectivity index (χ4v) is 2.67. The van der Waals surface area contributed by atoms with Gasteiger partial charge in [0.2, 0.25) is 11.8 Å². The maximum atomic E-state index is 12.0. The lowest BCUT2D eigenvalue weighted by molar-refractivity contribution is -0.130. The predicted molar refractivity (Wildman–Crippen MR) is 81.2 cm³/mol. The average Bonchev–Trinajstić information content (AvgIpc) is 2.49. The summed E-state index contributed by atoms with van der Waals surface area (Å²) in [4.78, 5) is 23.8. The highest BCUT2D eigenvalue weighted by Gasteiger charge is 2.29. The second-order valence-electron chi connectivity index (χ2n) is 5.58. The number of carbonyl (C=O) groups is 2.